The fraction of sp³-hybridized carbons (Fsp3) is 0.529. The molecule has 7 nitrogen and oxygen atoms in total. The van der Waals surface area contributed by atoms with Crippen molar-refractivity contribution in [3.8, 4) is 0 Å². The molecule has 2 aromatic rings. The maximum absolute atomic E-state index is 12.8. The number of likely N-dealkylation sites (tertiary alicyclic amines) is 1. The van der Waals surface area contributed by atoms with E-state index in [2.05, 4.69) is 18.8 Å². The maximum atomic E-state index is 12.8. The summed E-state index contributed by atoms with van der Waals surface area (Å²) in [6.45, 7) is 5.69. The number of carbonyl (C=O) groups is 1. The van der Waals surface area contributed by atoms with Crippen molar-refractivity contribution in [2.24, 2.45) is 25.9 Å². The van der Waals surface area contributed by atoms with Crippen LogP contribution in [0.1, 0.15) is 30.8 Å². The summed E-state index contributed by atoms with van der Waals surface area (Å²) in [6, 6.07) is 3.15. The molecule has 0 N–H and O–H groups in total. The van der Waals surface area contributed by atoms with Crippen molar-refractivity contribution in [1.29, 1.82) is 0 Å². The minimum absolute atomic E-state index is 0.150. The van der Waals surface area contributed by atoms with E-state index in [1.807, 2.05) is 4.90 Å². The molecule has 0 radical (unpaired) electrons. The van der Waals surface area contributed by atoms with Crippen LogP contribution >= 0.6 is 0 Å². The summed E-state index contributed by atoms with van der Waals surface area (Å²) < 4.78 is 2.34. The quantitative estimate of drug-likeness (QED) is 0.773. The Hall–Kier alpha value is -2.44. The van der Waals surface area contributed by atoms with Gasteiger partial charge in [0.2, 0.25) is 0 Å². The van der Waals surface area contributed by atoms with Gasteiger partial charge in [-0.25, -0.2) is 9.78 Å². The van der Waals surface area contributed by atoms with E-state index in [-0.39, 0.29) is 17.2 Å². The Morgan fingerprint density at radius 1 is 1.08 bits per heavy atom. The summed E-state index contributed by atoms with van der Waals surface area (Å²) in [5.41, 5.74) is -0.344. The summed E-state index contributed by atoms with van der Waals surface area (Å²) in [7, 11) is 2.98. The van der Waals surface area contributed by atoms with Gasteiger partial charge in [-0.05, 0) is 30.4 Å². The molecule has 2 aromatic heterocycles. The molecule has 1 fully saturated rings. The number of carbonyl (C=O) groups excluding carboxylic acids is 1. The van der Waals surface area contributed by atoms with Gasteiger partial charge in [0.05, 0.1) is 5.39 Å². The highest BCUT2D eigenvalue weighted by molar-refractivity contribution is 5.94. The Morgan fingerprint density at radius 2 is 1.71 bits per heavy atom. The molecule has 2 atom stereocenters. The Balaban J connectivity index is 2.07. The SMILES string of the molecule is C[C@@H]1C[C@@H](C)CN(C(=O)c2ccc3c(=O)n(C)c(=O)n(C)c3n2)C1. The van der Waals surface area contributed by atoms with Gasteiger partial charge in [0, 0.05) is 27.2 Å². The fourth-order valence-corrected chi connectivity index (χ4v) is 3.56. The summed E-state index contributed by atoms with van der Waals surface area (Å²) in [6.07, 6.45) is 1.11. The van der Waals surface area contributed by atoms with E-state index in [0.29, 0.717) is 30.3 Å². The van der Waals surface area contributed by atoms with Gasteiger partial charge in [-0.3, -0.25) is 18.7 Å². The Morgan fingerprint density at radius 3 is 2.33 bits per heavy atom. The van der Waals surface area contributed by atoms with E-state index in [9.17, 15) is 14.4 Å². The van der Waals surface area contributed by atoms with Gasteiger partial charge in [0.1, 0.15) is 11.3 Å². The van der Waals surface area contributed by atoms with Gasteiger partial charge in [-0.15, -0.1) is 0 Å². The van der Waals surface area contributed by atoms with Crippen molar-refractivity contribution in [2.75, 3.05) is 13.1 Å². The first kappa shape index (κ1) is 16.4. The van der Waals surface area contributed by atoms with E-state index in [1.54, 1.807) is 19.2 Å². The molecule has 128 valence electrons. The van der Waals surface area contributed by atoms with Crippen LogP contribution in [0.4, 0.5) is 0 Å². The van der Waals surface area contributed by atoms with Crippen LogP contribution in [0.15, 0.2) is 21.7 Å². The van der Waals surface area contributed by atoms with Crippen LogP contribution < -0.4 is 11.2 Å². The number of pyridine rings is 1. The molecular weight excluding hydrogens is 308 g/mol. The van der Waals surface area contributed by atoms with Gasteiger partial charge in [0.25, 0.3) is 11.5 Å². The third kappa shape index (κ3) is 2.64. The van der Waals surface area contributed by atoms with Crippen molar-refractivity contribution in [1.82, 2.24) is 19.0 Å². The summed E-state index contributed by atoms with van der Waals surface area (Å²) >= 11 is 0. The number of hydrogen-bond donors (Lipinski definition) is 0. The van der Waals surface area contributed by atoms with Crippen LogP contribution in [0.25, 0.3) is 11.0 Å². The van der Waals surface area contributed by atoms with Crippen molar-refractivity contribution < 1.29 is 4.79 Å². The van der Waals surface area contributed by atoms with Crippen molar-refractivity contribution in [3.05, 3.63) is 38.7 Å². The minimum atomic E-state index is -0.454. The second-order valence-corrected chi connectivity index (χ2v) is 6.93. The highest BCUT2D eigenvalue weighted by Crippen LogP contribution is 2.22. The van der Waals surface area contributed by atoms with Gasteiger partial charge < -0.3 is 4.90 Å². The molecule has 3 rings (SSSR count). The summed E-state index contributed by atoms with van der Waals surface area (Å²) in [4.78, 5) is 43.2. The number of fused-ring (bicyclic) bond motifs is 1. The topological polar surface area (TPSA) is 77.2 Å². The lowest BCUT2D eigenvalue weighted by molar-refractivity contribution is 0.0617. The summed E-state index contributed by atoms with van der Waals surface area (Å²) in [5, 5.41) is 0.330. The molecule has 0 aliphatic carbocycles. The fourth-order valence-electron chi connectivity index (χ4n) is 3.56. The molecule has 0 spiro atoms. The average molecular weight is 330 g/mol. The molecular formula is C17H22N4O3. The molecule has 1 aliphatic heterocycles. The molecule has 0 bridgehead atoms. The molecule has 0 saturated carbocycles. The number of amides is 1. The molecule has 3 heterocycles. The van der Waals surface area contributed by atoms with Crippen molar-refractivity contribution in [2.45, 2.75) is 20.3 Å². The number of rotatable bonds is 1. The van der Waals surface area contributed by atoms with E-state index < -0.39 is 11.2 Å². The Kier molecular flexibility index (Phi) is 4.03. The highest BCUT2D eigenvalue weighted by atomic mass is 16.2. The number of piperidine rings is 1. The van der Waals surface area contributed by atoms with Crippen molar-refractivity contribution in [3.63, 3.8) is 0 Å². The Bertz CT molecular complexity index is 918. The first-order valence-electron chi connectivity index (χ1n) is 8.15. The zero-order valence-corrected chi connectivity index (χ0v) is 14.4. The molecule has 0 unspecified atom stereocenters. The number of aromatic nitrogens is 3. The number of hydrogen-bond acceptors (Lipinski definition) is 4. The standard InChI is InChI=1S/C17H22N4O3/c1-10-7-11(2)9-21(8-10)16(23)13-6-5-12-14(18-13)19(3)17(24)20(4)15(12)22/h5-6,10-11H,7-9H2,1-4H3/t10-,11-/m1/s1. The molecule has 0 aromatic carbocycles. The van der Waals surface area contributed by atoms with E-state index >= 15 is 0 Å². The van der Waals surface area contributed by atoms with Crippen LogP contribution in [0, 0.1) is 11.8 Å². The second-order valence-electron chi connectivity index (χ2n) is 6.93. The highest BCUT2D eigenvalue weighted by Gasteiger charge is 2.27. The average Bonchev–Trinajstić information content (AvgIpc) is 2.56. The zero-order chi connectivity index (χ0) is 17.6. The molecule has 1 amide bonds. The van der Waals surface area contributed by atoms with E-state index in [1.165, 1.54) is 11.6 Å². The third-order valence-corrected chi connectivity index (χ3v) is 4.68. The first-order chi connectivity index (χ1) is 11.3. The molecule has 24 heavy (non-hydrogen) atoms. The lowest BCUT2D eigenvalue weighted by atomic mass is 9.92. The predicted molar refractivity (Wildman–Crippen MR) is 91.1 cm³/mol. The largest absolute Gasteiger partial charge is 0.337 e. The smallest absolute Gasteiger partial charge is 0.332 e. The lowest BCUT2D eigenvalue weighted by Gasteiger charge is -2.34. The Labute approximate surface area is 139 Å². The summed E-state index contributed by atoms with van der Waals surface area (Å²) in [5.74, 6) is 0.757. The second kappa shape index (κ2) is 5.89. The normalized spacial score (nSPS) is 21.2. The van der Waals surface area contributed by atoms with Crippen molar-refractivity contribution >= 4 is 16.9 Å². The molecule has 1 saturated heterocycles. The van der Waals surface area contributed by atoms with Crippen LogP contribution in [-0.4, -0.2) is 38.0 Å². The van der Waals surface area contributed by atoms with Gasteiger partial charge >= 0.3 is 5.69 Å². The van der Waals surface area contributed by atoms with Crippen LogP contribution in [-0.2, 0) is 14.1 Å². The van der Waals surface area contributed by atoms with E-state index in [0.717, 1.165) is 11.0 Å². The predicted octanol–water partition coefficient (Wildman–Crippen LogP) is 0.750. The maximum Gasteiger partial charge on any atom is 0.332 e. The van der Waals surface area contributed by atoms with Gasteiger partial charge in [-0.2, -0.15) is 0 Å². The lowest BCUT2D eigenvalue weighted by Crippen LogP contribution is -2.43. The van der Waals surface area contributed by atoms with Crippen LogP contribution in [0.3, 0.4) is 0 Å². The van der Waals surface area contributed by atoms with E-state index in [4.69, 9.17) is 0 Å². The monoisotopic (exact) mass is 330 g/mol. The van der Waals surface area contributed by atoms with Crippen LogP contribution in [0.5, 0.6) is 0 Å². The minimum Gasteiger partial charge on any atom is -0.337 e. The zero-order valence-electron chi connectivity index (χ0n) is 14.4. The number of nitrogens with zero attached hydrogens (tertiary/aromatic N) is 4. The molecule has 7 heteroatoms. The first-order valence-corrected chi connectivity index (χ1v) is 8.15. The molecule has 1 aliphatic rings. The number of aryl methyl sites for hydroxylation is 1. The van der Waals surface area contributed by atoms with Crippen LogP contribution in [0.2, 0.25) is 0 Å². The van der Waals surface area contributed by atoms with Gasteiger partial charge in [0.15, 0.2) is 0 Å². The third-order valence-electron chi connectivity index (χ3n) is 4.68. The van der Waals surface area contributed by atoms with Gasteiger partial charge in [-0.1, -0.05) is 13.8 Å².